The van der Waals surface area contributed by atoms with Crippen LogP contribution >= 0.6 is 7.26 Å². The molecule has 0 unspecified atom stereocenters. The molecule has 0 atom stereocenters. The molecule has 0 aromatic heterocycles. The first kappa shape index (κ1) is 47.8. The van der Waals surface area contributed by atoms with E-state index in [1.807, 2.05) is 24.3 Å². The van der Waals surface area contributed by atoms with Crippen molar-refractivity contribution >= 4 is 78.8 Å². The maximum absolute atomic E-state index is 8.58. The summed E-state index contributed by atoms with van der Waals surface area (Å²) in [6.07, 6.45) is 0. The summed E-state index contributed by atoms with van der Waals surface area (Å²) in [5, 5.41) is 74.2. The molecule has 0 amide bonds. The smallest absolute Gasteiger partial charge is 0.423 e. The highest BCUT2D eigenvalue weighted by molar-refractivity contribution is 8.01. The molecular weight excluding hydrogens is 779 g/mol. The van der Waals surface area contributed by atoms with Crippen LogP contribution in [0.2, 0.25) is 0 Å². The van der Waals surface area contributed by atoms with E-state index in [9.17, 15) is 0 Å². The third-order valence-electron chi connectivity index (χ3n) is 8.96. The van der Waals surface area contributed by atoms with Crippen molar-refractivity contribution in [3.05, 3.63) is 243 Å². The second kappa shape index (κ2) is 26.4. The average molecular weight is 827 g/mol. The minimum atomic E-state index is -1.91. The van der Waals surface area contributed by atoms with E-state index in [2.05, 4.69) is 121 Å². The minimum absolute atomic E-state index is 0.525. The summed E-state index contributed by atoms with van der Waals surface area (Å²) >= 11 is 0. The van der Waals surface area contributed by atoms with Crippen LogP contribution in [0.3, 0.4) is 0 Å². The number of benzene rings is 8. The summed E-state index contributed by atoms with van der Waals surface area (Å²) in [6, 6.07) is 78.5. The molecule has 0 radical (unpaired) electrons. The molecule has 0 aliphatic rings. The summed E-state index contributed by atoms with van der Waals surface area (Å²) in [7, 11) is -7.27. The summed E-state index contributed by atoms with van der Waals surface area (Å²) in [5.74, 6) is 0. The molecule has 0 fully saturated rings. The summed E-state index contributed by atoms with van der Waals surface area (Å²) in [6.45, 7) is 0. The Labute approximate surface area is 360 Å². The van der Waals surface area contributed by atoms with Crippen molar-refractivity contribution in [2.45, 2.75) is 0 Å². The van der Waals surface area contributed by atoms with Gasteiger partial charge in [-0.25, -0.2) is 0 Å². The van der Waals surface area contributed by atoms with E-state index in [-0.39, 0.29) is 0 Å². The number of hydrogen-bond donors (Lipinski definition) is 8. The second-order valence-electron chi connectivity index (χ2n) is 13.2. The van der Waals surface area contributed by atoms with E-state index in [1.165, 1.54) is 21.2 Å². The molecular formula is C48H48B4O8P+. The zero-order valence-electron chi connectivity index (χ0n) is 33.4. The molecule has 61 heavy (non-hydrogen) atoms. The lowest BCUT2D eigenvalue weighted by Crippen LogP contribution is -2.38. The Morgan fingerprint density at radius 1 is 0.197 bits per heavy atom. The standard InChI is InChI=1S/C24H20P.4C6H7BO2/c1-5-13-21(14-6-1)25(22-15-7-2-8-16-22,23-17-9-3-10-18-23)24-19-11-4-12-20-24;4*8-7(9)6-4-2-1-3-5-6/h1-20H;4*1-5,8-9H/q+1;;;;. The van der Waals surface area contributed by atoms with Crippen LogP contribution in [0.25, 0.3) is 0 Å². The lowest BCUT2D eigenvalue weighted by molar-refractivity contribution is 0.424. The van der Waals surface area contributed by atoms with Crippen molar-refractivity contribution in [2.24, 2.45) is 0 Å². The van der Waals surface area contributed by atoms with Crippen LogP contribution in [0, 0.1) is 0 Å². The maximum atomic E-state index is 8.58. The van der Waals surface area contributed by atoms with Crippen LogP contribution in [-0.4, -0.2) is 68.7 Å². The number of rotatable bonds is 8. The third-order valence-corrected chi connectivity index (χ3v) is 13.3. The van der Waals surface area contributed by atoms with E-state index < -0.39 is 35.7 Å². The molecule has 0 saturated heterocycles. The lowest BCUT2D eigenvalue weighted by Gasteiger charge is -2.27. The van der Waals surface area contributed by atoms with Crippen molar-refractivity contribution in [1.82, 2.24) is 0 Å². The van der Waals surface area contributed by atoms with Crippen molar-refractivity contribution in [2.75, 3.05) is 0 Å². The first-order valence-electron chi connectivity index (χ1n) is 19.4. The fourth-order valence-electron chi connectivity index (χ4n) is 6.00. The van der Waals surface area contributed by atoms with Gasteiger partial charge in [0.2, 0.25) is 0 Å². The van der Waals surface area contributed by atoms with Gasteiger partial charge in [0.25, 0.3) is 0 Å². The van der Waals surface area contributed by atoms with Gasteiger partial charge in [-0.3, -0.25) is 0 Å². The monoisotopic (exact) mass is 827 g/mol. The Morgan fingerprint density at radius 3 is 0.443 bits per heavy atom. The molecule has 0 aliphatic carbocycles. The average Bonchev–Trinajstić information content (AvgIpc) is 3.33. The van der Waals surface area contributed by atoms with Crippen LogP contribution in [-0.2, 0) is 0 Å². The highest BCUT2D eigenvalue weighted by Crippen LogP contribution is 2.54. The Bertz CT molecular complexity index is 1970. The van der Waals surface area contributed by atoms with Crippen LogP contribution in [0.1, 0.15) is 0 Å². The van der Waals surface area contributed by atoms with Gasteiger partial charge in [0.1, 0.15) is 28.5 Å². The van der Waals surface area contributed by atoms with Gasteiger partial charge in [0, 0.05) is 0 Å². The largest absolute Gasteiger partial charge is 0.488 e. The van der Waals surface area contributed by atoms with Crippen LogP contribution < -0.4 is 43.1 Å². The van der Waals surface area contributed by atoms with Gasteiger partial charge in [-0.2, -0.15) is 0 Å². The zero-order chi connectivity index (χ0) is 43.7. The molecule has 0 bridgehead atoms. The van der Waals surface area contributed by atoms with Gasteiger partial charge in [-0.1, -0.05) is 194 Å². The Kier molecular flexibility index (Phi) is 20.7. The Balaban J connectivity index is 0.000000188. The van der Waals surface area contributed by atoms with Crippen molar-refractivity contribution < 1.29 is 40.2 Å². The maximum Gasteiger partial charge on any atom is 0.488 e. The van der Waals surface area contributed by atoms with E-state index in [4.69, 9.17) is 40.2 Å². The lowest BCUT2D eigenvalue weighted by atomic mass is 9.81. The Hall–Kier alpha value is -5.87. The molecule has 0 heterocycles. The Morgan fingerprint density at radius 2 is 0.328 bits per heavy atom. The second-order valence-corrected chi connectivity index (χ2v) is 16.6. The molecule has 8 nitrogen and oxygen atoms in total. The SMILES string of the molecule is OB(O)c1ccccc1.OB(O)c1ccccc1.OB(O)c1ccccc1.OB(O)c1ccccc1.c1ccc([P+](c2ccccc2)(c2ccccc2)c2ccccc2)cc1. The van der Waals surface area contributed by atoms with Crippen molar-refractivity contribution in [1.29, 1.82) is 0 Å². The topological polar surface area (TPSA) is 162 Å². The highest BCUT2D eigenvalue weighted by Gasteiger charge is 2.47. The normalized spacial score (nSPS) is 9.97. The fourth-order valence-corrected chi connectivity index (χ4v) is 10.3. The van der Waals surface area contributed by atoms with Gasteiger partial charge < -0.3 is 40.2 Å². The molecule has 8 aromatic carbocycles. The van der Waals surface area contributed by atoms with Gasteiger partial charge in [0.15, 0.2) is 0 Å². The van der Waals surface area contributed by atoms with E-state index >= 15 is 0 Å². The molecule has 0 saturated carbocycles. The van der Waals surface area contributed by atoms with E-state index in [0.717, 1.165) is 0 Å². The van der Waals surface area contributed by atoms with Gasteiger partial charge in [0.05, 0.1) is 0 Å². The number of hydrogen-bond acceptors (Lipinski definition) is 8. The summed E-state index contributed by atoms with van der Waals surface area (Å²) in [4.78, 5) is 0. The summed E-state index contributed by atoms with van der Waals surface area (Å²) in [5.41, 5.74) is 2.10. The predicted octanol–water partition coefficient (Wildman–Crippen LogP) is 1.77. The first-order chi connectivity index (χ1) is 29.6. The molecule has 8 N–H and O–H groups in total. The quantitative estimate of drug-likeness (QED) is 0.0851. The molecule has 13 heteroatoms. The van der Waals surface area contributed by atoms with Crippen molar-refractivity contribution in [3.63, 3.8) is 0 Å². The van der Waals surface area contributed by atoms with E-state index in [1.54, 1.807) is 97.1 Å². The van der Waals surface area contributed by atoms with Gasteiger partial charge in [-0.05, 0) is 70.4 Å². The highest BCUT2D eigenvalue weighted by atomic mass is 31.2. The van der Waals surface area contributed by atoms with E-state index in [0.29, 0.717) is 21.9 Å². The molecule has 8 rings (SSSR count). The third kappa shape index (κ3) is 15.3. The molecule has 304 valence electrons. The van der Waals surface area contributed by atoms with Crippen LogP contribution in [0.15, 0.2) is 243 Å². The molecule has 0 spiro atoms. The van der Waals surface area contributed by atoms with Crippen molar-refractivity contribution in [3.8, 4) is 0 Å². The fraction of sp³-hybridized carbons (Fsp3) is 0. The summed E-state index contributed by atoms with van der Waals surface area (Å²) < 4.78 is 0. The van der Waals surface area contributed by atoms with Gasteiger partial charge in [-0.15, -0.1) is 0 Å². The first-order valence-corrected chi connectivity index (χ1v) is 21.2. The van der Waals surface area contributed by atoms with Crippen LogP contribution in [0.5, 0.6) is 0 Å². The predicted molar refractivity (Wildman–Crippen MR) is 256 cm³/mol. The van der Waals surface area contributed by atoms with Crippen LogP contribution in [0.4, 0.5) is 0 Å². The minimum Gasteiger partial charge on any atom is -0.423 e. The zero-order valence-corrected chi connectivity index (χ0v) is 34.3. The van der Waals surface area contributed by atoms with Gasteiger partial charge >= 0.3 is 28.5 Å². The molecule has 8 aromatic rings. The molecule has 0 aliphatic heterocycles.